The van der Waals surface area contributed by atoms with Crippen molar-refractivity contribution in [3.8, 4) is 0 Å². The van der Waals surface area contributed by atoms with E-state index in [0.717, 1.165) is 0 Å². The Kier molecular flexibility index (Phi) is 3.70. The molecule has 0 bridgehead atoms. The molecule has 0 fully saturated rings. The van der Waals surface area contributed by atoms with Crippen molar-refractivity contribution in [1.82, 2.24) is 0 Å². The van der Waals surface area contributed by atoms with Gasteiger partial charge in [-0.1, -0.05) is 12.7 Å². The van der Waals surface area contributed by atoms with E-state index in [2.05, 4.69) is 16.3 Å². The third kappa shape index (κ3) is 4.63. The van der Waals surface area contributed by atoms with Crippen LogP contribution in [0.4, 0.5) is 0 Å². The minimum absolute atomic E-state index is 0.186. The molecular formula is C5H10N4O. The molecule has 5 heteroatoms. The molecule has 0 radical (unpaired) electrons. The van der Waals surface area contributed by atoms with E-state index in [-0.39, 0.29) is 18.6 Å². The lowest BCUT2D eigenvalue weighted by molar-refractivity contribution is 0.342. The number of rotatable bonds is 2. The van der Waals surface area contributed by atoms with E-state index in [4.69, 9.17) is 16.9 Å². The molecule has 0 saturated carbocycles. The van der Waals surface area contributed by atoms with Gasteiger partial charge in [0.15, 0.2) is 5.96 Å². The van der Waals surface area contributed by atoms with Crippen molar-refractivity contribution in [2.24, 2.45) is 16.5 Å². The van der Waals surface area contributed by atoms with Gasteiger partial charge in [-0.05, 0) is 0 Å². The molecule has 0 heterocycles. The Labute approximate surface area is 58.9 Å². The zero-order chi connectivity index (χ0) is 7.98. The third-order valence-corrected chi connectivity index (χ3v) is 0.569. The summed E-state index contributed by atoms with van der Waals surface area (Å²) < 4.78 is 4.62. The van der Waals surface area contributed by atoms with Crippen LogP contribution in [0.1, 0.15) is 0 Å². The van der Waals surface area contributed by atoms with Gasteiger partial charge < -0.3 is 16.2 Å². The summed E-state index contributed by atoms with van der Waals surface area (Å²) in [6.07, 6.45) is 1.50. The zero-order valence-electron chi connectivity index (χ0n) is 5.50. The highest BCUT2D eigenvalue weighted by atomic mass is 16.5. The van der Waals surface area contributed by atoms with Gasteiger partial charge in [-0.3, -0.25) is 0 Å². The van der Waals surface area contributed by atoms with Gasteiger partial charge in [-0.25, -0.2) is 5.41 Å². The van der Waals surface area contributed by atoms with Gasteiger partial charge in [0.25, 0.3) is 0 Å². The first kappa shape index (κ1) is 8.48. The number of amidine groups is 1. The second-order valence-corrected chi connectivity index (χ2v) is 1.44. The molecule has 5 nitrogen and oxygen atoms in total. The van der Waals surface area contributed by atoms with Crippen molar-refractivity contribution < 1.29 is 4.74 Å². The van der Waals surface area contributed by atoms with Crippen molar-refractivity contribution in [3.05, 3.63) is 12.7 Å². The van der Waals surface area contributed by atoms with Crippen LogP contribution >= 0.6 is 0 Å². The van der Waals surface area contributed by atoms with Crippen molar-refractivity contribution in [2.45, 2.75) is 0 Å². The molecule has 5 N–H and O–H groups in total. The zero-order valence-corrected chi connectivity index (χ0v) is 5.50. The summed E-state index contributed by atoms with van der Waals surface area (Å²) in [7, 11) is 0. The summed E-state index contributed by atoms with van der Waals surface area (Å²) in [6, 6.07) is -0.306. The minimum atomic E-state index is -0.306. The first-order valence-electron chi connectivity index (χ1n) is 2.58. The first-order valence-corrected chi connectivity index (χ1v) is 2.58. The van der Waals surface area contributed by atoms with E-state index in [1.807, 2.05) is 0 Å². The van der Waals surface area contributed by atoms with E-state index >= 15 is 0 Å². The average Bonchev–Trinajstić information content (AvgIpc) is 1.82. The molecule has 0 aliphatic rings. The van der Waals surface area contributed by atoms with Crippen molar-refractivity contribution >= 4 is 12.0 Å². The fourth-order valence-corrected chi connectivity index (χ4v) is 0.287. The summed E-state index contributed by atoms with van der Waals surface area (Å²) in [5.41, 5.74) is 9.89. The Balaban J connectivity index is 3.64. The number of hydrogen-bond donors (Lipinski definition) is 3. The minimum Gasteiger partial charge on any atom is -0.460 e. The van der Waals surface area contributed by atoms with Crippen LogP contribution in [0.3, 0.4) is 0 Å². The average molecular weight is 142 g/mol. The molecule has 0 aromatic rings. The highest BCUT2D eigenvalue weighted by Crippen LogP contribution is 1.79. The quantitative estimate of drug-likeness (QED) is 0.272. The standard InChI is InChI=1S/C5H10N4O/c1-2-3-10-5(8)9-4(6)7/h2H,1,3H2,(H5,6,7,8,9). The molecule has 0 aliphatic heterocycles. The van der Waals surface area contributed by atoms with Crippen LogP contribution in [0.2, 0.25) is 0 Å². The van der Waals surface area contributed by atoms with E-state index in [1.54, 1.807) is 0 Å². The summed E-state index contributed by atoms with van der Waals surface area (Å²) in [4.78, 5) is 3.30. The predicted octanol–water partition coefficient (Wildman–Crippen LogP) is -0.603. The topological polar surface area (TPSA) is 97.5 Å². The maximum Gasteiger partial charge on any atom is 0.312 e. The van der Waals surface area contributed by atoms with Crippen LogP contribution in [-0.4, -0.2) is 18.6 Å². The number of nitrogens with one attached hydrogen (secondary N) is 1. The fourth-order valence-electron chi connectivity index (χ4n) is 0.287. The maximum atomic E-state index is 6.90. The van der Waals surface area contributed by atoms with Gasteiger partial charge in [-0.15, -0.1) is 0 Å². The monoisotopic (exact) mass is 142 g/mol. The summed E-state index contributed by atoms with van der Waals surface area (Å²) in [5, 5.41) is 6.90. The molecule has 0 amide bonds. The Bertz CT molecular complexity index is 159. The van der Waals surface area contributed by atoms with Gasteiger partial charge in [0.2, 0.25) is 0 Å². The number of nitrogens with two attached hydrogens (primary N) is 2. The SMILES string of the molecule is C=CCOC(=N)N=C(N)N. The van der Waals surface area contributed by atoms with Crippen LogP contribution in [0.15, 0.2) is 17.6 Å². The number of aliphatic imine (C=N–C) groups is 1. The van der Waals surface area contributed by atoms with Gasteiger partial charge >= 0.3 is 6.02 Å². The molecule has 0 aromatic heterocycles. The Morgan fingerprint density at radius 2 is 2.30 bits per heavy atom. The number of hydrogen-bond acceptors (Lipinski definition) is 2. The van der Waals surface area contributed by atoms with Gasteiger partial charge in [0, 0.05) is 0 Å². The largest absolute Gasteiger partial charge is 0.460 e. The first-order chi connectivity index (χ1) is 4.66. The second kappa shape index (κ2) is 4.37. The van der Waals surface area contributed by atoms with Crippen LogP contribution in [0, 0.1) is 5.41 Å². The molecule has 10 heavy (non-hydrogen) atoms. The molecule has 0 unspecified atom stereocenters. The number of ether oxygens (including phenoxy) is 1. The summed E-state index contributed by atoms with van der Waals surface area (Å²) in [5.74, 6) is -0.186. The van der Waals surface area contributed by atoms with E-state index < -0.39 is 0 Å². The highest BCUT2D eigenvalue weighted by Gasteiger charge is 1.90. The lowest BCUT2D eigenvalue weighted by atomic mass is 10.7. The smallest absolute Gasteiger partial charge is 0.312 e. The molecule has 0 atom stereocenters. The number of guanidine groups is 1. The summed E-state index contributed by atoms with van der Waals surface area (Å²) >= 11 is 0. The molecule has 56 valence electrons. The Morgan fingerprint density at radius 3 is 2.70 bits per heavy atom. The van der Waals surface area contributed by atoms with Crippen molar-refractivity contribution in [1.29, 1.82) is 5.41 Å². The van der Waals surface area contributed by atoms with E-state index in [0.29, 0.717) is 0 Å². The van der Waals surface area contributed by atoms with Crippen LogP contribution < -0.4 is 11.5 Å². The van der Waals surface area contributed by atoms with Crippen molar-refractivity contribution in [3.63, 3.8) is 0 Å². The van der Waals surface area contributed by atoms with E-state index in [9.17, 15) is 0 Å². The Morgan fingerprint density at radius 1 is 1.70 bits per heavy atom. The number of nitrogens with zero attached hydrogens (tertiary/aromatic N) is 1. The van der Waals surface area contributed by atoms with Crippen LogP contribution in [-0.2, 0) is 4.74 Å². The van der Waals surface area contributed by atoms with Gasteiger partial charge in [0.1, 0.15) is 6.61 Å². The van der Waals surface area contributed by atoms with Gasteiger partial charge in [-0.2, -0.15) is 4.99 Å². The van der Waals surface area contributed by atoms with Gasteiger partial charge in [0.05, 0.1) is 0 Å². The highest BCUT2D eigenvalue weighted by molar-refractivity contribution is 5.88. The second-order valence-electron chi connectivity index (χ2n) is 1.44. The molecule has 0 aromatic carbocycles. The third-order valence-electron chi connectivity index (χ3n) is 0.569. The van der Waals surface area contributed by atoms with Crippen molar-refractivity contribution in [2.75, 3.05) is 6.61 Å². The lowest BCUT2D eigenvalue weighted by Gasteiger charge is -1.97. The molecule has 0 aliphatic carbocycles. The lowest BCUT2D eigenvalue weighted by Crippen LogP contribution is -2.24. The van der Waals surface area contributed by atoms with Crippen LogP contribution in [0.5, 0.6) is 0 Å². The fraction of sp³-hybridized carbons (Fsp3) is 0.200. The normalized spacial score (nSPS) is 8.00. The molecule has 0 spiro atoms. The molecule has 0 rings (SSSR count). The van der Waals surface area contributed by atoms with E-state index in [1.165, 1.54) is 6.08 Å². The maximum absolute atomic E-state index is 6.90. The molecular weight excluding hydrogens is 132 g/mol. The predicted molar refractivity (Wildman–Crippen MR) is 39.7 cm³/mol. The molecule has 0 saturated heterocycles. The summed E-state index contributed by atoms with van der Waals surface area (Å²) in [6.45, 7) is 3.61. The van der Waals surface area contributed by atoms with Crippen LogP contribution in [0.25, 0.3) is 0 Å². The Hall–Kier alpha value is -1.52.